The predicted octanol–water partition coefficient (Wildman–Crippen LogP) is 5.97. The Morgan fingerprint density at radius 1 is 1.18 bits per heavy atom. The van der Waals surface area contributed by atoms with Gasteiger partial charge in [-0.1, -0.05) is 50.2 Å². The molecule has 0 radical (unpaired) electrons. The van der Waals surface area contributed by atoms with Gasteiger partial charge >= 0.3 is 0 Å². The number of nitrogens with zero attached hydrogens (tertiary/aromatic N) is 3. The first-order valence-corrected chi connectivity index (χ1v) is 10.2. The highest BCUT2D eigenvalue weighted by atomic mass is 32.1. The van der Waals surface area contributed by atoms with E-state index in [9.17, 15) is 5.26 Å². The summed E-state index contributed by atoms with van der Waals surface area (Å²) in [4.78, 5) is 4.62. The summed E-state index contributed by atoms with van der Waals surface area (Å²) in [6.07, 6.45) is 1.07. The molecular formula is C23H24N4S. The normalized spacial score (nSPS) is 11.5. The zero-order valence-corrected chi connectivity index (χ0v) is 17.5. The van der Waals surface area contributed by atoms with Crippen molar-refractivity contribution in [2.24, 2.45) is 11.0 Å². The fourth-order valence-corrected chi connectivity index (χ4v) is 3.67. The lowest BCUT2D eigenvalue weighted by Crippen LogP contribution is -2.02. The lowest BCUT2D eigenvalue weighted by Gasteiger charge is -2.07. The van der Waals surface area contributed by atoms with Crippen LogP contribution in [0.25, 0.3) is 11.3 Å². The van der Waals surface area contributed by atoms with Crippen LogP contribution in [-0.2, 0) is 6.42 Å². The summed E-state index contributed by atoms with van der Waals surface area (Å²) in [5.41, 5.74) is 9.72. The quantitative estimate of drug-likeness (QED) is 0.418. The molecule has 0 fully saturated rings. The summed E-state index contributed by atoms with van der Waals surface area (Å²) < 4.78 is 0. The third-order valence-corrected chi connectivity index (χ3v) is 5.45. The van der Waals surface area contributed by atoms with Crippen LogP contribution < -0.4 is 5.43 Å². The molecule has 1 N–H and O–H groups in total. The van der Waals surface area contributed by atoms with Crippen LogP contribution in [0, 0.1) is 31.1 Å². The molecule has 0 spiro atoms. The number of anilines is 1. The molecule has 0 saturated heterocycles. The van der Waals surface area contributed by atoms with Gasteiger partial charge in [0.15, 0.2) is 10.7 Å². The number of nitrogens with one attached hydrogen (secondary N) is 1. The van der Waals surface area contributed by atoms with Crippen LogP contribution in [0.3, 0.4) is 0 Å². The Morgan fingerprint density at radius 3 is 2.61 bits per heavy atom. The van der Waals surface area contributed by atoms with Crippen molar-refractivity contribution in [3.8, 4) is 17.3 Å². The summed E-state index contributed by atoms with van der Waals surface area (Å²) in [7, 11) is 0. The number of aryl methyl sites for hydroxylation is 1. The number of aromatic nitrogens is 1. The molecule has 0 unspecified atom stereocenters. The van der Waals surface area contributed by atoms with Crippen LogP contribution >= 0.6 is 11.3 Å². The molecule has 0 saturated carbocycles. The third kappa shape index (κ3) is 4.65. The van der Waals surface area contributed by atoms with E-state index in [0.717, 1.165) is 28.9 Å². The highest BCUT2D eigenvalue weighted by Crippen LogP contribution is 2.24. The molecule has 0 atom stereocenters. The Hall–Kier alpha value is -2.97. The summed E-state index contributed by atoms with van der Waals surface area (Å²) in [6.45, 7) is 8.52. The van der Waals surface area contributed by atoms with Crippen LogP contribution in [-0.4, -0.2) is 10.7 Å². The molecule has 0 aliphatic rings. The Bertz CT molecular complexity index is 1020. The fourth-order valence-electron chi connectivity index (χ4n) is 2.91. The number of rotatable bonds is 6. The first kappa shape index (κ1) is 19.8. The zero-order valence-electron chi connectivity index (χ0n) is 16.7. The van der Waals surface area contributed by atoms with E-state index in [0.29, 0.717) is 10.9 Å². The molecule has 1 aromatic heterocycles. The average Bonchev–Trinajstić information content (AvgIpc) is 3.15. The third-order valence-electron chi connectivity index (χ3n) is 4.60. The predicted molar refractivity (Wildman–Crippen MR) is 118 cm³/mol. The van der Waals surface area contributed by atoms with E-state index in [1.165, 1.54) is 22.5 Å². The summed E-state index contributed by atoms with van der Waals surface area (Å²) in [6, 6.07) is 16.6. The number of hydrogen-bond acceptors (Lipinski definition) is 5. The van der Waals surface area contributed by atoms with Gasteiger partial charge in [0, 0.05) is 10.9 Å². The van der Waals surface area contributed by atoms with E-state index in [-0.39, 0.29) is 5.71 Å². The Labute approximate surface area is 170 Å². The molecule has 142 valence electrons. The molecule has 28 heavy (non-hydrogen) atoms. The van der Waals surface area contributed by atoms with E-state index in [2.05, 4.69) is 72.7 Å². The van der Waals surface area contributed by atoms with Crippen molar-refractivity contribution in [2.75, 3.05) is 5.43 Å². The van der Waals surface area contributed by atoms with Crippen molar-refractivity contribution >= 4 is 22.7 Å². The first-order valence-electron chi connectivity index (χ1n) is 9.33. The minimum atomic E-state index is 0.286. The van der Waals surface area contributed by atoms with Gasteiger partial charge in [-0.3, -0.25) is 5.43 Å². The number of hydrazone groups is 1. The van der Waals surface area contributed by atoms with Crippen LogP contribution in [0.2, 0.25) is 0 Å². The maximum atomic E-state index is 9.53. The van der Waals surface area contributed by atoms with Gasteiger partial charge in [-0.15, -0.1) is 11.3 Å². The summed E-state index contributed by atoms with van der Waals surface area (Å²) in [5, 5.41) is 16.4. The van der Waals surface area contributed by atoms with Crippen molar-refractivity contribution in [3.63, 3.8) is 0 Å². The van der Waals surface area contributed by atoms with Crippen LogP contribution in [0.15, 0.2) is 52.9 Å². The number of hydrogen-bond donors (Lipinski definition) is 1. The van der Waals surface area contributed by atoms with Crippen LogP contribution in [0.4, 0.5) is 5.69 Å². The molecule has 5 heteroatoms. The molecule has 3 aromatic rings. The summed E-state index contributed by atoms with van der Waals surface area (Å²) >= 11 is 1.43. The summed E-state index contributed by atoms with van der Waals surface area (Å²) in [5.74, 6) is 0.635. The van der Waals surface area contributed by atoms with Gasteiger partial charge < -0.3 is 0 Å². The minimum Gasteiger partial charge on any atom is -0.277 e. The Morgan fingerprint density at radius 2 is 1.93 bits per heavy atom. The standard InChI is InChI=1S/C23H24N4S/c1-15(2)12-18-8-10-19(11-9-18)22-14-28-23(25-22)21(13-24)27-26-20-7-5-6-16(3)17(20)4/h5-11,14-15,26H,12H2,1-4H3/b27-21-. The zero-order chi connectivity index (χ0) is 20.1. The van der Waals surface area contributed by atoms with Gasteiger partial charge in [-0.25, -0.2) is 4.98 Å². The molecule has 1 heterocycles. The van der Waals surface area contributed by atoms with Gasteiger partial charge in [0.1, 0.15) is 6.07 Å². The van der Waals surface area contributed by atoms with Gasteiger partial charge in [0.25, 0.3) is 0 Å². The van der Waals surface area contributed by atoms with Gasteiger partial charge in [0.05, 0.1) is 11.4 Å². The Kier molecular flexibility index (Phi) is 6.23. The maximum absolute atomic E-state index is 9.53. The van der Waals surface area contributed by atoms with Crippen molar-refractivity contribution < 1.29 is 0 Å². The largest absolute Gasteiger partial charge is 0.277 e. The van der Waals surface area contributed by atoms with Crippen molar-refractivity contribution in [1.82, 2.24) is 4.98 Å². The van der Waals surface area contributed by atoms with Crippen molar-refractivity contribution in [3.05, 3.63) is 69.5 Å². The molecule has 3 rings (SSSR count). The molecule has 0 aliphatic carbocycles. The number of nitriles is 1. The van der Waals surface area contributed by atoms with E-state index >= 15 is 0 Å². The second-order valence-corrected chi connectivity index (χ2v) is 8.12. The maximum Gasteiger partial charge on any atom is 0.196 e. The monoisotopic (exact) mass is 388 g/mol. The van der Waals surface area contributed by atoms with Crippen LogP contribution in [0.5, 0.6) is 0 Å². The first-order chi connectivity index (χ1) is 13.5. The average molecular weight is 389 g/mol. The molecule has 0 aliphatic heterocycles. The highest BCUT2D eigenvalue weighted by Gasteiger charge is 2.11. The Balaban J connectivity index is 1.79. The highest BCUT2D eigenvalue weighted by molar-refractivity contribution is 7.12. The van der Waals surface area contributed by atoms with Gasteiger partial charge in [-0.2, -0.15) is 10.4 Å². The second-order valence-electron chi connectivity index (χ2n) is 7.26. The number of benzene rings is 2. The second kappa shape index (κ2) is 8.81. The van der Waals surface area contributed by atoms with Crippen molar-refractivity contribution in [2.45, 2.75) is 34.1 Å². The number of thiazole rings is 1. The smallest absolute Gasteiger partial charge is 0.196 e. The van der Waals surface area contributed by atoms with E-state index in [4.69, 9.17) is 0 Å². The molecule has 0 bridgehead atoms. The minimum absolute atomic E-state index is 0.286. The SMILES string of the molecule is Cc1cccc(N/N=C(/C#N)c2nc(-c3ccc(CC(C)C)cc3)cs2)c1C. The topological polar surface area (TPSA) is 61.1 Å². The van der Waals surface area contributed by atoms with Gasteiger partial charge in [-0.05, 0) is 48.9 Å². The molecular weight excluding hydrogens is 364 g/mol. The molecule has 2 aromatic carbocycles. The van der Waals surface area contributed by atoms with E-state index in [1.807, 2.05) is 24.4 Å². The molecule has 0 amide bonds. The van der Waals surface area contributed by atoms with Crippen LogP contribution in [0.1, 0.15) is 35.5 Å². The van der Waals surface area contributed by atoms with Crippen molar-refractivity contribution in [1.29, 1.82) is 5.26 Å². The van der Waals surface area contributed by atoms with E-state index in [1.54, 1.807) is 0 Å². The van der Waals surface area contributed by atoms with Gasteiger partial charge in [0.2, 0.25) is 0 Å². The lowest BCUT2D eigenvalue weighted by atomic mass is 10.0. The lowest BCUT2D eigenvalue weighted by molar-refractivity contribution is 0.647. The van der Waals surface area contributed by atoms with E-state index < -0.39 is 0 Å². The molecule has 4 nitrogen and oxygen atoms in total. The fraction of sp³-hybridized carbons (Fsp3) is 0.261.